The van der Waals surface area contributed by atoms with E-state index in [0.29, 0.717) is 11.7 Å². The monoisotopic (exact) mass is 195 g/mol. The molecular formula is C11H16FN2+. The Balaban J connectivity index is 1.99. The summed E-state index contributed by atoms with van der Waals surface area (Å²) in [6.07, 6.45) is 2.24. The number of anilines is 1. The molecule has 0 amide bonds. The number of halogens is 1. The summed E-state index contributed by atoms with van der Waals surface area (Å²) in [6.45, 7) is 2.29. The molecular weight excluding hydrogens is 179 g/mol. The first-order chi connectivity index (χ1) is 6.86. The molecule has 0 spiro atoms. The maximum atomic E-state index is 13.3. The molecule has 0 unspecified atom stereocenters. The number of quaternary nitrogens is 1. The lowest BCUT2D eigenvalue weighted by Crippen LogP contribution is -2.87. The van der Waals surface area contributed by atoms with Crippen molar-refractivity contribution in [1.29, 1.82) is 0 Å². The van der Waals surface area contributed by atoms with E-state index < -0.39 is 0 Å². The van der Waals surface area contributed by atoms with E-state index in [1.807, 2.05) is 6.07 Å². The molecule has 1 aliphatic rings. The van der Waals surface area contributed by atoms with Crippen molar-refractivity contribution < 1.29 is 9.71 Å². The van der Waals surface area contributed by atoms with Crippen LogP contribution in [-0.2, 0) is 0 Å². The highest BCUT2D eigenvalue weighted by Gasteiger charge is 2.15. The number of para-hydroxylation sites is 1. The number of benzene rings is 1. The van der Waals surface area contributed by atoms with Gasteiger partial charge in [-0.3, -0.25) is 0 Å². The molecule has 3 heteroatoms. The smallest absolute Gasteiger partial charge is 0.146 e. The second-order valence-electron chi connectivity index (χ2n) is 3.76. The summed E-state index contributed by atoms with van der Waals surface area (Å²) in [5, 5.41) is 5.56. The van der Waals surface area contributed by atoms with E-state index >= 15 is 0 Å². The summed E-state index contributed by atoms with van der Waals surface area (Å²) < 4.78 is 13.3. The van der Waals surface area contributed by atoms with Gasteiger partial charge in [0, 0.05) is 18.9 Å². The van der Waals surface area contributed by atoms with E-state index in [9.17, 15) is 4.39 Å². The van der Waals surface area contributed by atoms with Crippen molar-refractivity contribution in [2.24, 2.45) is 0 Å². The zero-order valence-corrected chi connectivity index (χ0v) is 8.17. The maximum absolute atomic E-state index is 13.3. The number of nitrogens with two attached hydrogens (primary N) is 1. The fraction of sp³-hybridized carbons (Fsp3) is 0.455. The normalized spacial score (nSPS) is 18.1. The van der Waals surface area contributed by atoms with Crippen molar-refractivity contribution in [3.8, 4) is 0 Å². The highest BCUT2D eigenvalue weighted by molar-refractivity contribution is 5.45. The molecule has 1 aromatic carbocycles. The Hall–Kier alpha value is -1.09. The lowest BCUT2D eigenvalue weighted by molar-refractivity contribution is -0.662. The summed E-state index contributed by atoms with van der Waals surface area (Å²) >= 11 is 0. The second-order valence-corrected chi connectivity index (χ2v) is 3.76. The van der Waals surface area contributed by atoms with Crippen LogP contribution in [0.3, 0.4) is 0 Å². The molecule has 2 nitrogen and oxygen atoms in total. The molecule has 0 aromatic heterocycles. The van der Waals surface area contributed by atoms with Gasteiger partial charge in [0.15, 0.2) is 0 Å². The predicted octanol–water partition coefficient (Wildman–Crippen LogP) is 0.963. The molecule has 1 aromatic rings. The standard InChI is InChI=1S/C11H15FN2/c12-10-3-1-2-4-11(10)14-9-5-7-13-8-6-9/h1-4,9,13-14H,5-8H2/p+1. The van der Waals surface area contributed by atoms with Crippen molar-refractivity contribution in [3.63, 3.8) is 0 Å². The lowest BCUT2D eigenvalue weighted by atomic mass is 10.1. The van der Waals surface area contributed by atoms with Gasteiger partial charge in [0.05, 0.1) is 18.8 Å². The Morgan fingerprint density at radius 2 is 1.93 bits per heavy atom. The van der Waals surface area contributed by atoms with E-state index in [2.05, 4.69) is 10.6 Å². The Kier molecular flexibility index (Phi) is 2.99. The number of hydrogen-bond donors (Lipinski definition) is 2. The van der Waals surface area contributed by atoms with Gasteiger partial charge >= 0.3 is 0 Å². The minimum absolute atomic E-state index is 0.151. The average molecular weight is 195 g/mol. The van der Waals surface area contributed by atoms with Crippen molar-refractivity contribution in [3.05, 3.63) is 30.1 Å². The van der Waals surface area contributed by atoms with Gasteiger partial charge in [-0.1, -0.05) is 12.1 Å². The van der Waals surface area contributed by atoms with Gasteiger partial charge in [-0.2, -0.15) is 0 Å². The van der Waals surface area contributed by atoms with Crippen molar-refractivity contribution in [2.75, 3.05) is 18.4 Å². The molecule has 0 bridgehead atoms. The number of hydrogen-bond acceptors (Lipinski definition) is 1. The Bertz CT molecular complexity index is 295. The van der Waals surface area contributed by atoms with Gasteiger partial charge in [-0.05, 0) is 12.1 Å². The number of piperidine rings is 1. The molecule has 0 atom stereocenters. The summed E-state index contributed by atoms with van der Waals surface area (Å²) in [5.74, 6) is -0.151. The highest BCUT2D eigenvalue weighted by Crippen LogP contribution is 2.15. The first-order valence-corrected chi connectivity index (χ1v) is 5.19. The zero-order valence-electron chi connectivity index (χ0n) is 8.17. The van der Waals surface area contributed by atoms with Crippen LogP contribution in [0.2, 0.25) is 0 Å². The fourth-order valence-corrected chi connectivity index (χ4v) is 1.87. The molecule has 1 aliphatic heterocycles. The van der Waals surface area contributed by atoms with Crippen LogP contribution in [0.4, 0.5) is 10.1 Å². The van der Waals surface area contributed by atoms with Gasteiger partial charge in [0.25, 0.3) is 0 Å². The topological polar surface area (TPSA) is 28.6 Å². The molecule has 3 N–H and O–H groups in total. The molecule has 0 saturated carbocycles. The van der Waals surface area contributed by atoms with Gasteiger partial charge in [0.2, 0.25) is 0 Å². The van der Waals surface area contributed by atoms with Crippen LogP contribution < -0.4 is 10.6 Å². The van der Waals surface area contributed by atoms with Crippen LogP contribution in [0.1, 0.15) is 12.8 Å². The Morgan fingerprint density at radius 1 is 1.21 bits per heavy atom. The minimum atomic E-state index is -0.151. The van der Waals surface area contributed by atoms with Crippen LogP contribution in [0.15, 0.2) is 24.3 Å². The third kappa shape index (κ3) is 2.23. The molecule has 1 saturated heterocycles. The first-order valence-electron chi connectivity index (χ1n) is 5.19. The summed E-state index contributed by atoms with van der Waals surface area (Å²) in [4.78, 5) is 0. The van der Waals surface area contributed by atoms with Crippen molar-refractivity contribution in [1.82, 2.24) is 0 Å². The minimum Gasteiger partial charge on any atom is -0.379 e. The second kappa shape index (κ2) is 4.42. The van der Waals surface area contributed by atoms with Crippen molar-refractivity contribution in [2.45, 2.75) is 18.9 Å². The SMILES string of the molecule is Fc1ccccc1NC1CC[NH2+]CC1. The van der Waals surface area contributed by atoms with Crippen molar-refractivity contribution >= 4 is 5.69 Å². The van der Waals surface area contributed by atoms with E-state index in [1.165, 1.54) is 6.07 Å². The van der Waals surface area contributed by atoms with E-state index in [-0.39, 0.29) is 5.82 Å². The summed E-state index contributed by atoms with van der Waals surface area (Å²) in [7, 11) is 0. The number of rotatable bonds is 2. The number of nitrogens with one attached hydrogen (secondary N) is 1. The van der Waals surface area contributed by atoms with Crippen LogP contribution >= 0.6 is 0 Å². The van der Waals surface area contributed by atoms with Crippen LogP contribution in [0.25, 0.3) is 0 Å². The van der Waals surface area contributed by atoms with Gasteiger partial charge in [0.1, 0.15) is 5.82 Å². The zero-order chi connectivity index (χ0) is 9.80. The highest BCUT2D eigenvalue weighted by atomic mass is 19.1. The summed E-state index contributed by atoms with van der Waals surface area (Å²) in [6, 6.07) is 7.32. The average Bonchev–Trinajstić information content (AvgIpc) is 2.23. The maximum Gasteiger partial charge on any atom is 0.146 e. The molecule has 2 rings (SSSR count). The van der Waals surface area contributed by atoms with Gasteiger partial charge in [-0.15, -0.1) is 0 Å². The largest absolute Gasteiger partial charge is 0.379 e. The van der Waals surface area contributed by atoms with Crippen LogP contribution in [0, 0.1) is 5.82 Å². The van der Waals surface area contributed by atoms with E-state index in [1.54, 1.807) is 12.1 Å². The quantitative estimate of drug-likeness (QED) is 0.723. The molecule has 14 heavy (non-hydrogen) atoms. The van der Waals surface area contributed by atoms with Crippen LogP contribution in [0.5, 0.6) is 0 Å². The lowest BCUT2D eigenvalue weighted by Gasteiger charge is -2.22. The van der Waals surface area contributed by atoms with E-state index in [4.69, 9.17) is 0 Å². The molecule has 76 valence electrons. The fourth-order valence-electron chi connectivity index (χ4n) is 1.87. The molecule has 0 radical (unpaired) electrons. The molecule has 0 aliphatic carbocycles. The summed E-state index contributed by atoms with van der Waals surface area (Å²) in [5.41, 5.74) is 0.638. The predicted molar refractivity (Wildman–Crippen MR) is 54.7 cm³/mol. The van der Waals surface area contributed by atoms with Crippen LogP contribution in [-0.4, -0.2) is 19.1 Å². The van der Waals surface area contributed by atoms with Gasteiger partial charge < -0.3 is 10.6 Å². The third-order valence-electron chi connectivity index (χ3n) is 2.67. The molecule has 1 heterocycles. The first kappa shape index (κ1) is 9.46. The Morgan fingerprint density at radius 3 is 2.64 bits per heavy atom. The van der Waals surface area contributed by atoms with Gasteiger partial charge in [-0.25, -0.2) is 4.39 Å². The third-order valence-corrected chi connectivity index (χ3v) is 2.67. The van der Waals surface area contributed by atoms with E-state index in [0.717, 1.165) is 25.9 Å². The molecule has 1 fully saturated rings. The Labute approximate surface area is 83.5 Å².